The first kappa shape index (κ1) is 15.2. The van der Waals surface area contributed by atoms with E-state index in [0.717, 1.165) is 0 Å². The molecule has 0 aliphatic heterocycles. The maximum atomic E-state index is 11.5. The number of aldehydes is 1. The third-order valence-corrected chi connectivity index (χ3v) is 2.45. The van der Waals surface area contributed by atoms with E-state index >= 15 is 0 Å². The Labute approximate surface area is 94.2 Å². The van der Waals surface area contributed by atoms with Crippen LogP contribution in [-0.2, 0) is 19.1 Å². The van der Waals surface area contributed by atoms with E-state index in [1.165, 1.54) is 14.2 Å². The Kier molecular flexibility index (Phi) is 7.92. The Morgan fingerprint density at radius 3 is 2.25 bits per heavy atom. The molecule has 6 heteroatoms. The largest absolute Gasteiger partial charge is 0.396 e. The number of rotatable bonds is 9. The van der Waals surface area contributed by atoms with Gasteiger partial charge in [0.05, 0.1) is 12.5 Å². The Morgan fingerprint density at radius 2 is 1.94 bits per heavy atom. The molecule has 0 aliphatic rings. The number of carbonyl (C=O) groups is 2. The lowest BCUT2D eigenvalue weighted by Crippen LogP contribution is -2.40. The molecule has 0 aromatic rings. The first-order valence-electron chi connectivity index (χ1n) is 4.87. The van der Waals surface area contributed by atoms with Gasteiger partial charge in [-0.15, -0.1) is 0 Å². The van der Waals surface area contributed by atoms with Crippen LogP contribution in [0.4, 0.5) is 0 Å². The summed E-state index contributed by atoms with van der Waals surface area (Å²) in [5.74, 6) is -1.98. The number of aliphatic hydroxyl groups is 2. The van der Waals surface area contributed by atoms with Crippen LogP contribution < -0.4 is 0 Å². The van der Waals surface area contributed by atoms with Gasteiger partial charge >= 0.3 is 0 Å². The van der Waals surface area contributed by atoms with Gasteiger partial charge in [-0.05, 0) is 0 Å². The van der Waals surface area contributed by atoms with E-state index in [1.54, 1.807) is 0 Å². The molecule has 94 valence electrons. The average molecular weight is 234 g/mol. The maximum absolute atomic E-state index is 11.5. The molecule has 0 bridgehead atoms. The van der Waals surface area contributed by atoms with Crippen LogP contribution in [0.3, 0.4) is 0 Å². The Balaban J connectivity index is 4.72. The summed E-state index contributed by atoms with van der Waals surface area (Å²) in [5.41, 5.74) is 0. The van der Waals surface area contributed by atoms with Gasteiger partial charge in [0.25, 0.3) is 0 Å². The highest BCUT2D eigenvalue weighted by molar-refractivity contribution is 5.83. The van der Waals surface area contributed by atoms with Crippen LogP contribution in [0.25, 0.3) is 0 Å². The van der Waals surface area contributed by atoms with E-state index in [2.05, 4.69) is 4.74 Å². The van der Waals surface area contributed by atoms with Crippen molar-refractivity contribution in [3.8, 4) is 0 Å². The predicted molar refractivity (Wildman–Crippen MR) is 54.9 cm³/mol. The normalized spacial score (nSPS) is 16.5. The second-order valence-electron chi connectivity index (χ2n) is 3.37. The van der Waals surface area contributed by atoms with Gasteiger partial charge in [0, 0.05) is 26.7 Å². The van der Waals surface area contributed by atoms with E-state index < -0.39 is 31.2 Å². The number of methoxy groups -OCH3 is 2. The minimum atomic E-state index is -0.914. The van der Waals surface area contributed by atoms with Crippen molar-refractivity contribution in [3.63, 3.8) is 0 Å². The zero-order valence-electron chi connectivity index (χ0n) is 9.46. The summed E-state index contributed by atoms with van der Waals surface area (Å²) in [4.78, 5) is 22.2. The minimum Gasteiger partial charge on any atom is -0.396 e. The molecule has 0 spiro atoms. The zero-order chi connectivity index (χ0) is 12.6. The number of Topliss-reactive ketones (excluding diaryl/α,β-unsaturated/α-hetero) is 1. The molecule has 2 N–H and O–H groups in total. The van der Waals surface area contributed by atoms with E-state index in [9.17, 15) is 9.59 Å². The van der Waals surface area contributed by atoms with Crippen molar-refractivity contribution in [2.45, 2.75) is 6.10 Å². The Hall–Kier alpha value is -0.820. The van der Waals surface area contributed by atoms with Gasteiger partial charge in [-0.2, -0.15) is 0 Å². The van der Waals surface area contributed by atoms with Gasteiger partial charge in [0.2, 0.25) is 0 Å². The summed E-state index contributed by atoms with van der Waals surface area (Å²) in [7, 11) is 2.66. The van der Waals surface area contributed by atoms with Crippen LogP contribution in [0.2, 0.25) is 0 Å². The van der Waals surface area contributed by atoms with Crippen molar-refractivity contribution in [1.29, 1.82) is 0 Å². The molecule has 0 saturated carbocycles. The number of aliphatic hydroxyl groups excluding tert-OH is 2. The Bertz CT molecular complexity index is 217. The summed E-state index contributed by atoms with van der Waals surface area (Å²) in [6, 6.07) is 0. The average Bonchev–Trinajstić information content (AvgIpc) is 2.29. The fourth-order valence-electron chi connectivity index (χ4n) is 1.52. The molecule has 0 rings (SSSR count). The number of ketones is 1. The molecule has 0 heterocycles. The van der Waals surface area contributed by atoms with Crippen LogP contribution in [0.5, 0.6) is 0 Å². The molecule has 0 aromatic carbocycles. The van der Waals surface area contributed by atoms with E-state index in [-0.39, 0.29) is 12.4 Å². The molecule has 0 fully saturated rings. The first-order chi connectivity index (χ1) is 7.65. The van der Waals surface area contributed by atoms with Crippen LogP contribution in [0.15, 0.2) is 0 Å². The topological polar surface area (TPSA) is 93.1 Å². The van der Waals surface area contributed by atoms with Crippen molar-refractivity contribution >= 4 is 12.1 Å². The lowest BCUT2D eigenvalue weighted by Gasteiger charge is -2.26. The third-order valence-electron chi connectivity index (χ3n) is 2.45. The van der Waals surface area contributed by atoms with E-state index in [0.29, 0.717) is 6.29 Å². The highest BCUT2D eigenvalue weighted by Crippen LogP contribution is 2.18. The summed E-state index contributed by atoms with van der Waals surface area (Å²) >= 11 is 0. The van der Waals surface area contributed by atoms with E-state index in [4.69, 9.17) is 14.9 Å². The van der Waals surface area contributed by atoms with Crippen molar-refractivity contribution in [3.05, 3.63) is 0 Å². The molecular weight excluding hydrogens is 216 g/mol. The molecule has 0 amide bonds. The maximum Gasteiger partial charge on any atom is 0.164 e. The lowest BCUT2D eigenvalue weighted by molar-refractivity contribution is -0.136. The minimum absolute atomic E-state index is 0.170. The van der Waals surface area contributed by atoms with Crippen LogP contribution in [0.1, 0.15) is 0 Å². The van der Waals surface area contributed by atoms with Gasteiger partial charge in [0.1, 0.15) is 19.0 Å². The smallest absolute Gasteiger partial charge is 0.164 e. The first-order valence-corrected chi connectivity index (χ1v) is 4.87. The molecule has 0 aromatic heterocycles. The molecule has 6 nitrogen and oxygen atoms in total. The second kappa shape index (κ2) is 8.35. The summed E-state index contributed by atoms with van der Waals surface area (Å²) in [6.45, 7) is -1.05. The lowest BCUT2D eigenvalue weighted by atomic mass is 9.86. The number of ether oxygens (including phenoxy) is 2. The number of carbonyl (C=O) groups excluding carboxylic acids is 2. The summed E-state index contributed by atoms with van der Waals surface area (Å²) in [5, 5.41) is 18.2. The van der Waals surface area contributed by atoms with Gasteiger partial charge in [-0.1, -0.05) is 0 Å². The highest BCUT2D eigenvalue weighted by Gasteiger charge is 2.33. The van der Waals surface area contributed by atoms with Crippen molar-refractivity contribution < 1.29 is 29.3 Å². The van der Waals surface area contributed by atoms with Crippen LogP contribution in [0, 0.1) is 11.8 Å². The number of hydrogen-bond donors (Lipinski definition) is 2. The molecule has 3 unspecified atom stereocenters. The van der Waals surface area contributed by atoms with Gasteiger partial charge in [-0.3, -0.25) is 4.79 Å². The van der Waals surface area contributed by atoms with Crippen LogP contribution in [-0.4, -0.2) is 62.4 Å². The molecule has 3 atom stereocenters. The van der Waals surface area contributed by atoms with Gasteiger partial charge < -0.3 is 24.5 Å². The Morgan fingerprint density at radius 1 is 1.31 bits per heavy atom. The molecule has 0 saturated heterocycles. The van der Waals surface area contributed by atoms with Crippen molar-refractivity contribution in [2.24, 2.45) is 11.8 Å². The second-order valence-corrected chi connectivity index (χ2v) is 3.37. The van der Waals surface area contributed by atoms with Crippen LogP contribution >= 0.6 is 0 Å². The molecule has 0 radical (unpaired) electrons. The fourth-order valence-corrected chi connectivity index (χ4v) is 1.52. The van der Waals surface area contributed by atoms with Gasteiger partial charge in [-0.25, -0.2) is 0 Å². The predicted octanol–water partition coefficient (Wildman–Crippen LogP) is -1.37. The molecule has 16 heavy (non-hydrogen) atoms. The standard InChI is InChI=1S/C10H18O6/c1-15-6-9(14)7(3-11)8(4-12)10(5-13)16-2/h5,7-8,10-12H,3-4,6H2,1-2H3. The summed E-state index contributed by atoms with van der Waals surface area (Å²) in [6.07, 6.45) is -0.410. The fraction of sp³-hybridized carbons (Fsp3) is 0.800. The molecular formula is C10H18O6. The number of hydrogen-bond acceptors (Lipinski definition) is 6. The monoisotopic (exact) mass is 234 g/mol. The highest BCUT2D eigenvalue weighted by atomic mass is 16.5. The van der Waals surface area contributed by atoms with E-state index in [1.807, 2.05) is 0 Å². The summed E-state index contributed by atoms with van der Waals surface area (Å²) < 4.78 is 9.49. The quantitative estimate of drug-likeness (QED) is 0.478. The third kappa shape index (κ3) is 3.97. The SMILES string of the molecule is COCC(=O)C(CO)C(CO)C(C=O)OC. The van der Waals surface area contributed by atoms with Crippen molar-refractivity contribution in [2.75, 3.05) is 34.0 Å². The zero-order valence-corrected chi connectivity index (χ0v) is 9.46. The van der Waals surface area contributed by atoms with Gasteiger partial charge in [0.15, 0.2) is 5.78 Å². The van der Waals surface area contributed by atoms with Crippen molar-refractivity contribution in [1.82, 2.24) is 0 Å². The molecule has 0 aliphatic carbocycles.